The third-order valence-electron chi connectivity index (χ3n) is 2.59. The van der Waals surface area contributed by atoms with Gasteiger partial charge in [0, 0.05) is 6.26 Å². The van der Waals surface area contributed by atoms with Crippen molar-refractivity contribution in [1.29, 1.82) is 0 Å². The highest BCUT2D eigenvalue weighted by atomic mass is 79.9. The number of aryl methyl sites for hydroxylation is 1. The van der Waals surface area contributed by atoms with Crippen LogP contribution >= 0.6 is 15.9 Å². The van der Waals surface area contributed by atoms with E-state index < -0.39 is 9.84 Å². The Hall–Kier alpha value is -0.590. The Morgan fingerprint density at radius 1 is 1.33 bits per heavy atom. The first-order valence-electron chi connectivity index (χ1n) is 5.66. The number of rotatable bonds is 6. The predicted octanol–water partition coefficient (Wildman–Crippen LogP) is 2.14. The zero-order valence-corrected chi connectivity index (χ0v) is 13.0. The van der Waals surface area contributed by atoms with E-state index in [0.29, 0.717) is 16.8 Å². The van der Waals surface area contributed by atoms with Gasteiger partial charge in [0.15, 0.2) is 15.6 Å². The molecule has 1 aromatic rings. The van der Waals surface area contributed by atoms with Crippen molar-refractivity contribution < 1.29 is 13.2 Å². The van der Waals surface area contributed by atoms with Gasteiger partial charge in [0.25, 0.3) is 0 Å². The van der Waals surface area contributed by atoms with Gasteiger partial charge in [0.1, 0.15) is 4.90 Å². The summed E-state index contributed by atoms with van der Waals surface area (Å²) in [5.41, 5.74) is 6.41. The fourth-order valence-corrected chi connectivity index (χ4v) is 3.41. The number of ether oxygens (including phenoxy) is 1. The Kier molecular flexibility index (Phi) is 5.62. The van der Waals surface area contributed by atoms with Crippen LogP contribution in [0.4, 0.5) is 0 Å². The lowest BCUT2D eigenvalue weighted by Crippen LogP contribution is -2.04. The molecular formula is C12H18BrNO3S. The van der Waals surface area contributed by atoms with E-state index in [0.717, 1.165) is 24.8 Å². The molecule has 0 atom stereocenters. The highest BCUT2D eigenvalue weighted by molar-refractivity contribution is 9.10. The van der Waals surface area contributed by atoms with Crippen molar-refractivity contribution in [2.75, 3.05) is 19.9 Å². The Bertz CT molecular complexity index is 514. The summed E-state index contributed by atoms with van der Waals surface area (Å²) in [7, 11) is -1.84. The summed E-state index contributed by atoms with van der Waals surface area (Å²) in [6.45, 7) is 0.649. The highest BCUT2D eigenvalue weighted by Gasteiger charge is 2.18. The second-order valence-corrected chi connectivity index (χ2v) is 6.97. The maximum Gasteiger partial charge on any atom is 0.179 e. The van der Waals surface area contributed by atoms with Gasteiger partial charge < -0.3 is 10.5 Å². The van der Waals surface area contributed by atoms with Gasteiger partial charge in [-0.05, 0) is 59.4 Å². The number of halogens is 1. The molecule has 0 fully saturated rings. The van der Waals surface area contributed by atoms with E-state index in [4.69, 9.17) is 10.5 Å². The topological polar surface area (TPSA) is 69.4 Å². The first kappa shape index (κ1) is 15.5. The lowest BCUT2D eigenvalue weighted by Gasteiger charge is -2.11. The molecule has 0 spiro atoms. The Labute approximate surface area is 117 Å². The number of sulfone groups is 1. The van der Waals surface area contributed by atoms with Gasteiger partial charge in [-0.2, -0.15) is 0 Å². The van der Waals surface area contributed by atoms with Crippen LogP contribution in [0.15, 0.2) is 21.5 Å². The van der Waals surface area contributed by atoms with Crippen LogP contribution in [0.2, 0.25) is 0 Å². The minimum atomic E-state index is -3.30. The summed E-state index contributed by atoms with van der Waals surface area (Å²) in [4.78, 5) is 0.224. The number of hydrogen-bond acceptors (Lipinski definition) is 4. The van der Waals surface area contributed by atoms with Crippen molar-refractivity contribution in [2.24, 2.45) is 5.73 Å². The SMILES string of the molecule is COc1c(Br)cc(CCCCN)cc1S(C)(=O)=O. The fraction of sp³-hybridized carbons (Fsp3) is 0.500. The fourth-order valence-electron chi connectivity index (χ4n) is 1.71. The van der Waals surface area contributed by atoms with E-state index >= 15 is 0 Å². The number of methoxy groups -OCH3 is 1. The van der Waals surface area contributed by atoms with E-state index in [2.05, 4.69) is 15.9 Å². The maximum absolute atomic E-state index is 11.7. The van der Waals surface area contributed by atoms with Gasteiger partial charge in [-0.15, -0.1) is 0 Å². The van der Waals surface area contributed by atoms with Crippen LogP contribution in [-0.2, 0) is 16.3 Å². The van der Waals surface area contributed by atoms with Gasteiger partial charge in [-0.25, -0.2) is 8.42 Å². The molecular weight excluding hydrogens is 318 g/mol. The maximum atomic E-state index is 11.7. The molecule has 1 rings (SSSR count). The standard InChI is InChI=1S/C12H18BrNO3S/c1-17-12-10(13)7-9(5-3-4-6-14)8-11(12)18(2,15)16/h7-8H,3-6,14H2,1-2H3. The van der Waals surface area contributed by atoms with Crippen molar-refractivity contribution in [3.63, 3.8) is 0 Å². The molecule has 0 aliphatic rings. The minimum Gasteiger partial charge on any atom is -0.494 e. The number of hydrogen-bond donors (Lipinski definition) is 1. The average molecular weight is 336 g/mol. The van der Waals surface area contributed by atoms with Crippen LogP contribution in [0.1, 0.15) is 18.4 Å². The third kappa shape index (κ3) is 3.96. The van der Waals surface area contributed by atoms with Crippen LogP contribution in [-0.4, -0.2) is 28.3 Å². The molecule has 0 saturated heterocycles. The zero-order chi connectivity index (χ0) is 13.8. The van der Waals surface area contributed by atoms with Gasteiger partial charge in [0.05, 0.1) is 11.6 Å². The van der Waals surface area contributed by atoms with Crippen molar-refractivity contribution >= 4 is 25.8 Å². The van der Waals surface area contributed by atoms with Crippen molar-refractivity contribution in [1.82, 2.24) is 0 Å². The van der Waals surface area contributed by atoms with E-state index in [1.165, 1.54) is 13.4 Å². The molecule has 0 aliphatic heterocycles. The molecule has 0 amide bonds. The molecule has 0 aromatic heterocycles. The molecule has 0 heterocycles. The van der Waals surface area contributed by atoms with Gasteiger partial charge in [0.2, 0.25) is 0 Å². The van der Waals surface area contributed by atoms with Gasteiger partial charge >= 0.3 is 0 Å². The number of unbranched alkanes of at least 4 members (excludes halogenated alkanes) is 1. The summed E-state index contributed by atoms with van der Waals surface area (Å²) in [5.74, 6) is 0.361. The molecule has 0 radical (unpaired) electrons. The molecule has 0 bridgehead atoms. The largest absolute Gasteiger partial charge is 0.494 e. The van der Waals surface area contributed by atoms with Gasteiger partial charge in [-0.3, -0.25) is 0 Å². The van der Waals surface area contributed by atoms with E-state index in [9.17, 15) is 8.42 Å². The summed E-state index contributed by atoms with van der Waals surface area (Å²) >= 11 is 3.35. The lowest BCUT2D eigenvalue weighted by atomic mass is 10.1. The normalized spacial score (nSPS) is 11.6. The van der Waals surface area contributed by atoms with Crippen LogP contribution < -0.4 is 10.5 Å². The second-order valence-electron chi connectivity index (χ2n) is 4.13. The highest BCUT2D eigenvalue weighted by Crippen LogP contribution is 2.34. The van der Waals surface area contributed by atoms with Crippen LogP contribution in [0.25, 0.3) is 0 Å². The molecule has 1 aromatic carbocycles. The second kappa shape index (κ2) is 6.54. The quantitative estimate of drug-likeness (QED) is 0.808. The Morgan fingerprint density at radius 2 is 2.00 bits per heavy atom. The molecule has 0 unspecified atom stereocenters. The zero-order valence-electron chi connectivity index (χ0n) is 10.6. The van der Waals surface area contributed by atoms with Crippen molar-refractivity contribution in [3.05, 3.63) is 22.2 Å². The molecule has 102 valence electrons. The minimum absolute atomic E-state index is 0.224. The molecule has 6 heteroatoms. The molecule has 18 heavy (non-hydrogen) atoms. The first-order chi connectivity index (χ1) is 8.40. The lowest BCUT2D eigenvalue weighted by molar-refractivity contribution is 0.400. The van der Waals surface area contributed by atoms with E-state index in [1.54, 1.807) is 6.07 Å². The van der Waals surface area contributed by atoms with Crippen molar-refractivity contribution in [2.45, 2.75) is 24.2 Å². The smallest absolute Gasteiger partial charge is 0.179 e. The summed E-state index contributed by atoms with van der Waals surface area (Å²) in [6.07, 6.45) is 3.86. The first-order valence-corrected chi connectivity index (χ1v) is 8.35. The molecule has 4 nitrogen and oxygen atoms in total. The average Bonchev–Trinajstić information content (AvgIpc) is 2.27. The predicted molar refractivity (Wildman–Crippen MR) is 75.8 cm³/mol. The van der Waals surface area contributed by atoms with Crippen molar-refractivity contribution in [3.8, 4) is 5.75 Å². The number of nitrogens with two attached hydrogens (primary N) is 1. The monoisotopic (exact) mass is 335 g/mol. The van der Waals surface area contributed by atoms with Crippen LogP contribution in [0.5, 0.6) is 5.75 Å². The number of benzene rings is 1. The van der Waals surface area contributed by atoms with Crippen LogP contribution in [0.3, 0.4) is 0 Å². The van der Waals surface area contributed by atoms with Crippen LogP contribution in [0, 0.1) is 0 Å². The third-order valence-corrected chi connectivity index (χ3v) is 4.28. The van der Waals surface area contributed by atoms with Gasteiger partial charge in [-0.1, -0.05) is 0 Å². The Balaban J connectivity index is 3.15. The van der Waals surface area contributed by atoms with E-state index in [1.807, 2.05) is 6.07 Å². The summed E-state index contributed by atoms with van der Waals surface area (Å²) < 4.78 is 29.3. The molecule has 2 N–H and O–H groups in total. The Morgan fingerprint density at radius 3 is 2.50 bits per heavy atom. The van der Waals surface area contributed by atoms with E-state index in [-0.39, 0.29) is 4.90 Å². The summed E-state index contributed by atoms with van der Waals surface area (Å²) in [5, 5.41) is 0. The molecule has 0 saturated carbocycles. The molecule has 0 aliphatic carbocycles. The summed E-state index contributed by atoms with van der Waals surface area (Å²) in [6, 6.07) is 3.57.